The molecule has 2 aliphatic rings. The lowest BCUT2D eigenvalue weighted by molar-refractivity contribution is -0.136. The lowest BCUT2D eigenvalue weighted by atomic mass is 9.97. The molecule has 2 fully saturated rings. The molecule has 0 aliphatic carbocycles. The molecule has 2 rings (SSSR count). The Bertz CT molecular complexity index is 287. The molecule has 0 aromatic heterocycles. The van der Waals surface area contributed by atoms with Gasteiger partial charge >= 0.3 is 0 Å². The first-order valence-electron chi connectivity index (χ1n) is 6.00. The summed E-state index contributed by atoms with van der Waals surface area (Å²) in [6, 6.07) is -0.0355. The molecule has 0 radical (unpaired) electrons. The zero-order valence-corrected chi connectivity index (χ0v) is 9.45. The summed E-state index contributed by atoms with van der Waals surface area (Å²) in [5.41, 5.74) is 5.29. The van der Waals surface area contributed by atoms with Crippen LogP contribution >= 0.6 is 0 Å². The van der Waals surface area contributed by atoms with Gasteiger partial charge in [0.2, 0.25) is 11.8 Å². The summed E-state index contributed by atoms with van der Waals surface area (Å²) in [4.78, 5) is 25.0. The minimum atomic E-state index is -0.281. The van der Waals surface area contributed by atoms with Gasteiger partial charge in [-0.3, -0.25) is 9.59 Å². The largest absolute Gasteiger partial charge is 0.369 e. The van der Waals surface area contributed by atoms with Gasteiger partial charge in [-0.15, -0.1) is 0 Å². The van der Waals surface area contributed by atoms with Crippen LogP contribution in [0, 0.1) is 5.92 Å². The molecule has 16 heavy (non-hydrogen) atoms. The van der Waals surface area contributed by atoms with Gasteiger partial charge in [0.05, 0.1) is 12.0 Å². The number of nitrogens with zero attached hydrogens (tertiary/aromatic N) is 1. The third kappa shape index (κ3) is 2.35. The molecule has 5 nitrogen and oxygen atoms in total. The van der Waals surface area contributed by atoms with Crippen molar-refractivity contribution in [2.24, 2.45) is 11.7 Å². The first kappa shape index (κ1) is 11.4. The molecule has 0 bridgehead atoms. The summed E-state index contributed by atoms with van der Waals surface area (Å²) in [5, 5.41) is 3.19. The maximum Gasteiger partial charge on any atom is 0.239 e. The number of nitrogens with two attached hydrogens (primary N) is 1. The molecular weight excluding hydrogens is 206 g/mol. The average Bonchev–Trinajstić information content (AvgIpc) is 2.81. The van der Waals surface area contributed by atoms with Gasteiger partial charge in [-0.05, 0) is 32.2 Å². The van der Waals surface area contributed by atoms with E-state index < -0.39 is 0 Å². The van der Waals surface area contributed by atoms with E-state index in [2.05, 4.69) is 5.32 Å². The summed E-state index contributed by atoms with van der Waals surface area (Å²) in [6.07, 6.45) is 3.67. The van der Waals surface area contributed by atoms with Crippen LogP contribution in [0.2, 0.25) is 0 Å². The second kappa shape index (κ2) is 4.82. The Morgan fingerprint density at radius 1 is 1.25 bits per heavy atom. The van der Waals surface area contributed by atoms with E-state index in [1.807, 2.05) is 0 Å². The third-order valence-electron chi connectivity index (χ3n) is 3.49. The van der Waals surface area contributed by atoms with E-state index in [1.54, 1.807) is 4.90 Å². The fourth-order valence-electron chi connectivity index (χ4n) is 2.53. The number of amides is 2. The minimum Gasteiger partial charge on any atom is -0.369 e. The van der Waals surface area contributed by atoms with Gasteiger partial charge in [-0.1, -0.05) is 0 Å². The molecule has 2 heterocycles. The van der Waals surface area contributed by atoms with Crippen molar-refractivity contribution in [3.05, 3.63) is 0 Å². The van der Waals surface area contributed by atoms with Gasteiger partial charge < -0.3 is 16.0 Å². The number of piperidine rings is 1. The average molecular weight is 225 g/mol. The predicted octanol–water partition coefficient (Wildman–Crippen LogP) is -0.538. The molecule has 2 atom stereocenters. The normalized spacial score (nSPS) is 30.4. The van der Waals surface area contributed by atoms with Crippen LogP contribution in [0.5, 0.6) is 0 Å². The molecule has 3 N–H and O–H groups in total. The van der Waals surface area contributed by atoms with Gasteiger partial charge in [0.15, 0.2) is 0 Å². The molecule has 2 saturated heterocycles. The van der Waals surface area contributed by atoms with Crippen molar-refractivity contribution in [3.8, 4) is 0 Å². The van der Waals surface area contributed by atoms with E-state index in [0.29, 0.717) is 6.54 Å². The number of likely N-dealkylation sites (tertiary alicyclic amines) is 1. The summed E-state index contributed by atoms with van der Waals surface area (Å²) in [6.45, 7) is 2.19. The standard InChI is InChI=1S/C11H19N3O2/c12-10(15)8-3-2-6-14(7-8)11(16)9-4-1-5-13-9/h8-9,13H,1-7H2,(H2,12,15)/t8?,9-/m0/s1. The minimum absolute atomic E-state index is 0.0355. The fourth-order valence-corrected chi connectivity index (χ4v) is 2.53. The molecule has 1 unspecified atom stereocenters. The van der Waals surface area contributed by atoms with Crippen molar-refractivity contribution in [2.75, 3.05) is 19.6 Å². The van der Waals surface area contributed by atoms with Crippen LogP contribution < -0.4 is 11.1 Å². The number of carbonyl (C=O) groups is 2. The van der Waals surface area contributed by atoms with Crippen molar-refractivity contribution in [1.29, 1.82) is 0 Å². The fraction of sp³-hybridized carbons (Fsp3) is 0.818. The molecule has 0 aromatic rings. The second-order valence-corrected chi connectivity index (χ2v) is 4.67. The van der Waals surface area contributed by atoms with E-state index in [0.717, 1.165) is 38.8 Å². The monoisotopic (exact) mass is 225 g/mol. The Balaban J connectivity index is 1.93. The van der Waals surface area contributed by atoms with E-state index in [1.165, 1.54) is 0 Å². The van der Waals surface area contributed by atoms with Crippen molar-refractivity contribution in [2.45, 2.75) is 31.7 Å². The van der Waals surface area contributed by atoms with E-state index in [-0.39, 0.29) is 23.8 Å². The number of carbonyl (C=O) groups excluding carboxylic acids is 2. The summed E-state index contributed by atoms with van der Waals surface area (Å²) < 4.78 is 0. The zero-order valence-electron chi connectivity index (χ0n) is 9.45. The highest BCUT2D eigenvalue weighted by atomic mass is 16.2. The van der Waals surface area contributed by atoms with Crippen LogP contribution in [0.15, 0.2) is 0 Å². The van der Waals surface area contributed by atoms with E-state index >= 15 is 0 Å². The molecule has 2 amide bonds. The molecule has 5 heteroatoms. The molecule has 90 valence electrons. The highest BCUT2D eigenvalue weighted by Gasteiger charge is 2.31. The number of rotatable bonds is 2. The summed E-state index contributed by atoms with van der Waals surface area (Å²) >= 11 is 0. The Morgan fingerprint density at radius 2 is 2.06 bits per heavy atom. The molecule has 0 spiro atoms. The van der Waals surface area contributed by atoms with Crippen LogP contribution in [-0.4, -0.2) is 42.4 Å². The number of hydrogen-bond donors (Lipinski definition) is 2. The Morgan fingerprint density at radius 3 is 2.69 bits per heavy atom. The number of hydrogen-bond acceptors (Lipinski definition) is 3. The Hall–Kier alpha value is -1.10. The van der Waals surface area contributed by atoms with Crippen molar-refractivity contribution < 1.29 is 9.59 Å². The predicted molar refractivity (Wildman–Crippen MR) is 59.5 cm³/mol. The molecule has 0 saturated carbocycles. The van der Waals surface area contributed by atoms with Gasteiger partial charge in [-0.2, -0.15) is 0 Å². The SMILES string of the molecule is NC(=O)C1CCCN(C(=O)[C@@H]2CCCN2)C1. The van der Waals surface area contributed by atoms with Crippen LogP contribution in [0.25, 0.3) is 0 Å². The van der Waals surface area contributed by atoms with Gasteiger partial charge in [-0.25, -0.2) is 0 Å². The first-order valence-corrected chi connectivity index (χ1v) is 6.00. The zero-order chi connectivity index (χ0) is 11.5. The second-order valence-electron chi connectivity index (χ2n) is 4.67. The smallest absolute Gasteiger partial charge is 0.239 e. The van der Waals surface area contributed by atoms with Crippen LogP contribution in [0.3, 0.4) is 0 Å². The quantitative estimate of drug-likeness (QED) is 0.663. The van der Waals surface area contributed by atoms with Crippen LogP contribution in [0.1, 0.15) is 25.7 Å². The van der Waals surface area contributed by atoms with E-state index in [4.69, 9.17) is 5.73 Å². The Labute approximate surface area is 95.3 Å². The topological polar surface area (TPSA) is 75.4 Å². The molecular formula is C11H19N3O2. The van der Waals surface area contributed by atoms with Gasteiger partial charge in [0, 0.05) is 13.1 Å². The summed E-state index contributed by atoms with van der Waals surface area (Å²) in [7, 11) is 0. The lowest BCUT2D eigenvalue weighted by Gasteiger charge is -2.32. The molecule has 0 aromatic carbocycles. The lowest BCUT2D eigenvalue weighted by Crippen LogP contribution is -2.49. The van der Waals surface area contributed by atoms with Crippen molar-refractivity contribution >= 4 is 11.8 Å². The van der Waals surface area contributed by atoms with Crippen molar-refractivity contribution in [1.82, 2.24) is 10.2 Å². The number of nitrogens with one attached hydrogen (secondary N) is 1. The van der Waals surface area contributed by atoms with Gasteiger partial charge in [0.1, 0.15) is 0 Å². The first-order chi connectivity index (χ1) is 7.68. The highest BCUT2D eigenvalue weighted by molar-refractivity contribution is 5.83. The number of primary amides is 1. The van der Waals surface area contributed by atoms with Gasteiger partial charge in [0.25, 0.3) is 0 Å². The maximum atomic E-state index is 12.1. The van der Waals surface area contributed by atoms with Crippen molar-refractivity contribution in [3.63, 3.8) is 0 Å². The van der Waals surface area contributed by atoms with E-state index in [9.17, 15) is 9.59 Å². The summed E-state index contributed by atoms with van der Waals surface area (Å²) in [5.74, 6) is -0.292. The highest BCUT2D eigenvalue weighted by Crippen LogP contribution is 2.18. The Kier molecular flexibility index (Phi) is 3.43. The van der Waals surface area contributed by atoms with Crippen LogP contribution in [0.4, 0.5) is 0 Å². The third-order valence-corrected chi connectivity index (χ3v) is 3.49. The van der Waals surface area contributed by atoms with Crippen LogP contribution in [-0.2, 0) is 9.59 Å². The maximum absolute atomic E-state index is 12.1. The molecule has 2 aliphatic heterocycles.